The Bertz CT molecular complexity index is 791. The lowest BCUT2D eigenvalue weighted by Crippen LogP contribution is -2.41. The van der Waals surface area contributed by atoms with Crippen molar-refractivity contribution in [1.82, 2.24) is 9.88 Å². The maximum absolute atomic E-state index is 12.8. The number of carbonyl (C=O) groups is 1. The molecule has 0 bridgehead atoms. The number of aromatic nitrogens is 1. The predicted octanol–water partition coefficient (Wildman–Crippen LogP) is 4.52. The second kappa shape index (κ2) is 8.56. The molecule has 0 N–H and O–H groups in total. The van der Waals surface area contributed by atoms with Crippen LogP contribution in [0.15, 0.2) is 18.2 Å². The third kappa shape index (κ3) is 5.19. The molecule has 0 saturated carbocycles. The van der Waals surface area contributed by atoms with Crippen LogP contribution in [0, 0.1) is 5.92 Å². The molecule has 1 unspecified atom stereocenters. The number of ether oxygens (including phenoxy) is 1. The molecule has 1 fully saturated rings. The summed E-state index contributed by atoms with van der Waals surface area (Å²) in [6.45, 7) is 4.79. The van der Waals surface area contributed by atoms with Crippen molar-refractivity contribution in [1.29, 1.82) is 0 Å². The smallest absolute Gasteiger partial charge is 0.381 e. The minimum Gasteiger partial charge on any atom is -0.381 e. The first-order valence-corrected chi connectivity index (χ1v) is 10.0. The lowest BCUT2D eigenvalue weighted by molar-refractivity contribution is -0.137. The van der Waals surface area contributed by atoms with E-state index < -0.39 is 11.7 Å². The molecule has 0 spiro atoms. The number of rotatable bonds is 6. The van der Waals surface area contributed by atoms with Crippen molar-refractivity contribution in [2.24, 2.45) is 5.92 Å². The Morgan fingerprint density at radius 1 is 1.41 bits per heavy atom. The largest absolute Gasteiger partial charge is 0.416 e. The van der Waals surface area contributed by atoms with Crippen LogP contribution in [0.1, 0.15) is 36.8 Å². The van der Waals surface area contributed by atoms with Crippen molar-refractivity contribution in [2.45, 2.75) is 38.8 Å². The van der Waals surface area contributed by atoms with Gasteiger partial charge >= 0.3 is 6.18 Å². The fraction of sp³-hybridized carbons (Fsp3) is 0.579. The van der Waals surface area contributed by atoms with Gasteiger partial charge in [0.25, 0.3) is 0 Å². The summed E-state index contributed by atoms with van der Waals surface area (Å²) in [6, 6.07) is 3.59. The SMILES string of the molecule is CCOCC1CCCN(C(=O)CCc2nc3cc(C(F)(F)F)ccc3s2)C1. The van der Waals surface area contributed by atoms with Gasteiger partial charge in [-0.2, -0.15) is 13.2 Å². The van der Waals surface area contributed by atoms with Gasteiger partial charge in [-0.1, -0.05) is 0 Å². The van der Waals surface area contributed by atoms with Gasteiger partial charge in [0.1, 0.15) is 0 Å². The van der Waals surface area contributed by atoms with E-state index in [1.807, 2.05) is 11.8 Å². The number of carbonyl (C=O) groups excluding carboxylic acids is 1. The molecular formula is C19H23F3N2O2S. The molecule has 1 aromatic heterocycles. The summed E-state index contributed by atoms with van der Waals surface area (Å²) in [5.41, 5.74) is -0.358. The zero-order valence-corrected chi connectivity index (χ0v) is 16.0. The number of hydrogen-bond acceptors (Lipinski definition) is 4. The van der Waals surface area contributed by atoms with Crippen molar-refractivity contribution >= 4 is 27.5 Å². The first kappa shape index (κ1) is 20.1. The zero-order chi connectivity index (χ0) is 19.4. The molecular weight excluding hydrogens is 377 g/mol. The van der Waals surface area contributed by atoms with Crippen LogP contribution in [-0.4, -0.2) is 42.1 Å². The van der Waals surface area contributed by atoms with Gasteiger partial charge in [0.15, 0.2) is 0 Å². The van der Waals surface area contributed by atoms with Crippen molar-refractivity contribution in [2.75, 3.05) is 26.3 Å². The maximum atomic E-state index is 12.8. The molecule has 3 rings (SSSR count). The number of nitrogens with zero attached hydrogens (tertiary/aromatic N) is 2. The van der Waals surface area contributed by atoms with E-state index in [2.05, 4.69) is 4.98 Å². The Morgan fingerprint density at radius 3 is 2.96 bits per heavy atom. The molecule has 1 saturated heterocycles. The summed E-state index contributed by atoms with van der Waals surface area (Å²) in [4.78, 5) is 18.7. The molecule has 4 nitrogen and oxygen atoms in total. The average Bonchev–Trinajstić information content (AvgIpc) is 3.06. The molecule has 0 aliphatic carbocycles. The van der Waals surface area contributed by atoms with Crippen LogP contribution >= 0.6 is 11.3 Å². The minimum absolute atomic E-state index is 0.0754. The Labute approximate surface area is 160 Å². The lowest BCUT2D eigenvalue weighted by atomic mass is 9.98. The fourth-order valence-electron chi connectivity index (χ4n) is 3.34. The molecule has 2 heterocycles. The molecule has 1 amide bonds. The van der Waals surface area contributed by atoms with Crippen molar-refractivity contribution < 1.29 is 22.7 Å². The monoisotopic (exact) mass is 400 g/mol. The molecule has 1 aliphatic heterocycles. The van der Waals surface area contributed by atoms with Crippen LogP contribution < -0.4 is 0 Å². The second-order valence-electron chi connectivity index (χ2n) is 6.80. The van der Waals surface area contributed by atoms with Crippen LogP contribution in [0.4, 0.5) is 13.2 Å². The number of aryl methyl sites for hydroxylation is 1. The first-order chi connectivity index (χ1) is 12.9. The number of likely N-dealkylation sites (tertiary alicyclic amines) is 1. The standard InChI is InChI=1S/C19H23F3N2O2S/c1-2-26-12-13-4-3-9-24(11-13)18(25)8-7-17-23-15-10-14(19(20,21)22)5-6-16(15)27-17/h5-6,10,13H,2-4,7-9,11-12H2,1H3. The molecule has 8 heteroatoms. The maximum Gasteiger partial charge on any atom is 0.416 e. The number of benzene rings is 1. The number of hydrogen-bond donors (Lipinski definition) is 0. The highest BCUT2D eigenvalue weighted by Crippen LogP contribution is 2.33. The van der Waals surface area contributed by atoms with Gasteiger partial charge in [-0.25, -0.2) is 4.98 Å². The summed E-state index contributed by atoms with van der Waals surface area (Å²) in [6.07, 6.45) is -1.55. The number of piperidine rings is 1. The third-order valence-electron chi connectivity index (χ3n) is 4.74. The molecule has 27 heavy (non-hydrogen) atoms. The van der Waals surface area contributed by atoms with Crippen LogP contribution in [0.2, 0.25) is 0 Å². The van der Waals surface area contributed by atoms with Gasteiger partial charge in [-0.15, -0.1) is 11.3 Å². The Balaban J connectivity index is 1.58. The molecule has 1 atom stereocenters. The van der Waals surface area contributed by atoms with Crippen LogP contribution in [0.3, 0.4) is 0 Å². The number of halogens is 3. The number of fused-ring (bicyclic) bond motifs is 1. The van der Waals surface area contributed by atoms with Gasteiger partial charge < -0.3 is 9.64 Å². The average molecular weight is 400 g/mol. The van der Waals surface area contributed by atoms with E-state index in [1.54, 1.807) is 0 Å². The summed E-state index contributed by atoms with van der Waals surface area (Å²) < 4.78 is 44.6. The van der Waals surface area contributed by atoms with Gasteiger partial charge in [0, 0.05) is 32.5 Å². The lowest BCUT2D eigenvalue weighted by Gasteiger charge is -2.32. The van der Waals surface area contributed by atoms with Gasteiger partial charge in [-0.05, 0) is 43.9 Å². The second-order valence-corrected chi connectivity index (χ2v) is 7.91. The van der Waals surface area contributed by atoms with E-state index >= 15 is 0 Å². The molecule has 2 aromatic rings. The molecule has 1 aliphatic rings. The highest BCUT2D eigenvalue weighted by molar-refractivity contribution is 7.18. The fourth-order valence-corrected chi connectivity index (χ4v) is 4.29. The van der Waals surface area contributed by atoms with Crippen LogP contribution in [0.5, 0.6) is 0 Å². The van der Waals surface area contributed by atoms with E-state index in [0.29, 0.717) is 53.7 Å². The van der Waals surface area contributed by atoms with Gasteiger partial charge in [0.05, 0.1) is 27.4 Å². The Kier molecular flexibility index (Phi) is 6.37. The van der Waals surface area contributed by atoms with E-state index in [4.69, 9.17) is 4.74 Å². The van der Waals surface area contributed by atoms with Crippen molar-refractivity contribution in [3.05, 3.63) is 28.8 Å². The summed E-state index contributed by atoms with van der Waals surface area (Å²) in [7, 11) is 0. The summed E-state index contributed by atoms with van der Waals surface area (Å²) in [5.74, 6) is 0.456. The summed E-state index contributed by atoms with van der Waals surface area (Å²) >= 11 is 1.35. The quantitative estimate of drug-likeness (QED) is 0.716. The molecule has 1 aromatic carbocycles. The number of thiazole rings is 1. The third-order valence-corrected chi connectivity index (χ3v) is 5.84. The van der Waals surface area contributed by atoms with E-state index in [-0.39, 0.29) is 5.91 Å². The highest BCUT2D eigenvalue weighted by atomic mass is 32.1. The molecule has 148 valence electrons. The number of amides is 1. The van der Waals surface area contributed by atoms with Crippen LogP contribution in [0.25, 0.3) is 10.2 Å². The van der Waals surface area contributed by atoms with Crippen molar-refractivity contribution in [3.8, 4) is 0 Å². The zero-order valence-electron chi connectivity index (χ0n) is 15.2. The van der Waals surface area contributed by atoms with E-state index in [9.17, 15) is 18.0 Å². The Hall–Kier alpha value is -1.67. The van der Waals surface area contributed by atoms with E-state index in [0.717, 1.165) is 31.5 Å². The topological polar surface area (TPSA) is 42.4 Å². The number of alkyl halides is 3. The predicted molar refractivity (Wildman–Crippen MR) is 98.7 cm³/mol. The molecule has 0 radical (unpaired) electrons. The highest BCUT2D eigenvalue weighted by Gasteiger charge is 2.31. The normalized spacial score (nSPS) is 18.2. The van der Waals surface area contributed by atoms with E-state index in [1.165, 1.54) is 17.4 Å². The van der Waals surface area contributed by atoms with Crippen molar-refractivity contribution in [3.63, 3.8) is 0 Å². The van der Waals surface area contributed by atoms with Gasteiger partial charge in [0.2, 0.25) is 5.91 Å². The Morgan fingerprint density at radius 2 is 2.22 bits per heavy atom. The van der Waals surface area contributed by atoms with Gasteiger partial charge in [-0.3, -0.25) is 4.79 Å². The minimum atomic E-state index is -4.37. The first-order valence-electron chi connectivity index (χ1n) is 9.19. The summed E-state index contributed by atoms with van der Waals surface area (Å²) in [5, 5.41) is 0.695. The van der Waals surface area contributed by atoms with Crippen LogP contribution in [-0.2, 0) is 22.1 Å².